The molecule has 18 heavy (non-hydrogen) atoms. The summed E-state index contributed by atoms with van der Waals surface area (Å²) in [5, 5.41) is 3.46. The summed E-state index contributed by atoms with van der Waals surface area (Å²) in [6.07, 6.45) is 7.11. The van der Waals surface area contributed by atoms with Crippen molar-refractivity contribution in [1.82, 2.24) is 10.2 Å². The highest BCUT2D eigenvalue weighted by Gasteiger charge is 2.46. The SMILES string of the molecule is C[C@H]1CCCC[C@@]1(c1ccco1)N1CCNCC1. The van der Waals surface area contributed by atoms with Crippen LogP contribution >= 0.6 is 0 Å². The van der Waals surface area contributed by atoms with E-state index in [0.29, 0.717) is 5.92 Å². The van der Waals surface area contributed by atoms with E-state index in [1.165, 1.54) is 31.4 Å². The molecule has 3 nitrogen and oxygen atoms in total. The summed E-state index contributed by atoms with van der Waals surface area (Å²) < 4.78 is 5.84. The number of nitrogens with zero attached hydrogens (tertiary/aromatic N) is 1. The monoisotopic (exact) mass is 248 g/mol. The molecule has 0 unspecified atom stereocenters. The fourth-order valence-electron chi connectivity index (χ4n) is 3.91. The standard InChI is InChI=1S/C15H24N2O/c1-13-5-2-3-7-15(13,14-6-4-12-18-14)17-10-8-16-9-11-17/h4,6,12-13,16H,2-3,5,7-11H2,1H3/t13-,15+/m0/s1. The Labute approximate surface area is 110 Å². The maximum Gasteiger partial charge on any atom is 0.124 e. The molecule has 0 spiro atoms. The predicted octanol–water partition coefficient (Wildman–Crippen LogP) is 2.59. The zero-order chi connectivity index (χ0) is 12.4. The first-order chi connectivity index (χ1) is 8.84. The molecule has 1 saturated heterocycles. The molecule has 100 valence electrons. The van der Waals surface area contributed by atoms with Crippen LogP contribution in [-0.4, -0.2) is 31.1 Å². The third-order valence-corrected chi connectivity index (χ3v) is 4.89. The summed E-state index contributed by atoms with van der Waals surface area (Å²) in [4.78, 5) is 2.67. The Morgan fingerprint density at radius 2 is 2.17 bits per heavy atom. The first-order valence-electron chi connectivity index (χ1n) is 7.34. The highest BCUT2D eigenvalue weighted by atomic mass is 16.3. The Morgan fingerprint density at radius 1 is 1.33 bits per heavy atom. The van der Waals surface area contributed by atoms with Gasteiger partial charge in [0.1, 0.15) is 5.76 Å². The lowest BCUT2D eigenvalue weighted by Gasteiger charge is -2.50. The normalized spacial score (nSPS) is 34.6. The quantitative estimate of drug-likeness (QED) is 0.872. The van der Waals surface area contributed by atoms with Gasteiger partial charge in [-0.1, -0.05) is 19.8 Å². The molecule has 1 aliphatic heterocycles. The molecule has 0 bridgehead atoms. The van der Waals surface area contributed by atoms with Crippen molar-refractivity contribution in [3.63, 3.8) is 0 Å². The molecule has 3 rings (SSSR count). The lowest BCUT2D eigenvalue weighted by molar-refractivity contribution is -0.0223. The Hall–Kier alpha value is -0.800. The van der Waals surface area contributed by atoms with Crippen LogP contribution in [0.5, 0.6) is 0 Å². The lowest BCUT2D eigenvalue weighted by atomic mass is 9.70. The molecule has 2 aliphatic rings. The van der Waals surface area contributed by atoms with Gasteiger partial charge < -0.3 is 9.73 Å². The zero-order valence-corrected chi connectivity index (χ0v) is 11.3. The number of rotatable bonds is 2. The average Bonchev–Trinajstić information content (AvgIpc) is 2.95. The molecule has 2 fully saturated rings. The van der Waals surface area contributed by atoms with Crippen molar-refractivity contribution in [3.05, 3.63) is 24.2 Å². The van der Waals surface area contributed by atoms with Crippen LogP contribution in [0.15, 0.2) is 22.8 Å². The van der Waals surface area contributed by atoms with Crippen molar-refractivity contribution in [1.29, 1.82) is 0 Å². The predicted molar refractivity (Wildman–Crippen MR) is 72.5 cm³/mol. The van der Waals surface area contributed by atoms with E-state index in [9.17, 15) is 0 Å². The second kappa shape index (κ2) is 5.06. The van der Waals surface area contributed by atoms with Crippen LogP contribution in [-0.2, 0) is 5.54 Å². The zero-order valence-electron chi connectivity index (χ0n) is 11.3. The van der Waals surface area contributed by atoms with E-state index in [-0.39, 0.29) is 5.54 Å². The maximum atomic E-state index is 5.84. The van der Waals surface area contributed by atoms with Gasteiger partial charge in [-0.15, -0.1) is 0 Å². The molecule has 0 radical (unpaired) electrons. The molecule has 1 aromatic rings. The summed E-state index contributed by atoms with van der Waals surface area (Å²) in [7, 11) is 0. The Morgan fingerprint density at radius 3 is 2.83 bits per heavy atom. The van der Waals surface area contributed by atoms with Crippen LogP contribution in [0.3, 0.4) is 0 Å². The van der Waals surface area contributed by atoms with Crippen molar-refractivity contribution >= 4 is 0 Å². The summed E-state index contributed by atoms with van der Waals surface area (Å²) in [5.74, 6) is 1.88. The van der Waals surface area contributed by atoms with Crippen LogP contribution in [0.2, 0.25) is 0 Å². The van der Waals surface area contributed by atoms with Crippen molar-refractivity contribution in [2.24, 2.45) is 5.92 Å². The van der Waals surface area contributed by atoms with Crippen LogP contribution in [0.1, 0.15) is 38.4 Å². The molecule has 3 heteroatoms. The summed E-state index contributed by atoms with van der Waals surface area (Å²) >= 11 is 0. The number of nitrogens with one attached hydrogen (secondary N) is 1. The summed E-state index contributed by atoms with van der Waals surface area (Å²) in [5.41, 5.74) is 0.157. The first kappa shape index (κ1) is 12.2. The van der Waals surface area contributed by atoms with Gasteiger partial charge in [-0.25, -0.2) is 0 Å². The van der Waals surface area contributed by atoms with Crippen molar-refractivity contribution < 1.29 is 4.42 Å². The second-order valence-electron chi connectivity index (χ2n) is 5.79. The fraction of sp³-hybridized carbons (Fsp3) is 0.733. The number of piperazine rings is 1. The van der Waals surface area contributed by atoms with Gasteiger partial charge in [0, 0.05) is 26.2 Å². The van der Waals surface area contributed by atoms with E-state index >= 15 is 0 Å². The van der Waals surface area contributed by atoms with Crippen molar-refractivity contribution in [2.75, 3.05) is 26.2 Å². The maximum absolute atomic E-state index is 5.84. The van der Waals surface area contributed by atoms with E-state index in [2.05, 4.69) is 23.2 Å². The third kappa shape index (κ3) is 1.90. The minimum atomic E-state index is 0.157. The van der Waals surface area contributed by atoms with Crippen LogP contribution in [0.25, 0.3) is 0 Å². The van der Waals surface area contributed by atoms with E-state index in [0.717, 1.165) is 26.2 Å². The van der Waals surface area contributed by atoms with Gasteiger partial charge in [0.15, 0.2) is 0 Å². The van der Waals surface area contributed by atoms with Crippen LogP contribution in [0, 0.1) is 5.92 Å². The Bertz CT molecular complexity index is 370. The second-order valence-corrected chi connectivity index (χ2v) is 5.79. The van der Waals surface area contributed by atoms with Gasteiger partial charge >= 0.3 is 0 Å². The minimum absolute atomic E-state index is 0.157. The van der Waals surface area contributed by atoms with E-state index in [4.69, 9.17) is 4.42 Å². The highest BCUT2D eigenvalue weighted by molar-refractivity contribution is 5.16. The number of furan rings is 1. The molecule has 2 heterocycles. The minimum Gasteiger partial charge on any atom is -0.467 e. The fourth-order valence-corrected chi connectivity index (χ4v) is 3.91. The summed E-state index contributed by atoms with van der Waals surface area (Å²) in [6, 6.07) is 4.23. The van der Waals surface area contributed by atoms with E-state index in [1.54, 1.807) is 0 Å². The smallest absolute Gasteiger partial charge is 0.124 e. The molecule has 0 aromatic carbocycles. The first-order valence-corrected chi connectivity index (χ1v) is 7.34. The van der Waals surface area contributed by atoms with Gasteiger partial charge in [-0.3, -0.25) is 4.90 Å². The van der Waals surface area contributed by atoms with Gasteiger partial charge in [-0.2, -0.15) is 0 Å². The average molecular weight is 248 g/mol. The largest absolute Gasteiger partial charge is 0.467 e. The molecule has 0 amide bonds. The van der Waals surface area contributed by atoms with Crippen LogP contribution < -0.4 is 5.32 Å². The van der Waals surface area contributed by atoms with Gasteiger partial charge in [0.05, 0.1) is 11.8 Å². The van der Waals surface area contributed by atoms with Crippen molar-refractivity contribution in [3.8, 4) is 0 Å². The van der Waals surface area contributed by atoms with Gasteiger partial charge in [0.2, 0.25) is 0 Å². The lowest BCUT2D eigenvalue weighted by Crippen LogP contribution is -2.58. The molecular weight excluding hydrogens is 224 g/mol. The number of hydrogen-bond donors (Lipinski definition) is 1. The molecule has 1 saturated carbocycles. The topological polar surface area (TPSA) is 28.4 Å². The molecular formula is C15H24N2O. The molecule has 1 N–H and O–H groups in total. The van der Waals surface area contributed by atoms with Crippen LogP contribution in [0.4, 0.5) is 0 Å². The van der Waals surface area contributed by atoms with E-state index < -0.39 is 0 Å². The molecule has 1 aliphatic carbocycles. The Kier molecular flexibility index (Phi) is 3.44. The number of hydrogen-bond acceptors (Lipinski definition) is 3. The highest BCUT2D eigenvalue weighted by Crippen LogP contribution is 2.46. The third-order valence-electron chi connectivity index (χ3n) is 4.89. The van der Waals surface area contributed by atoms with Gasteiger partial charge in [0.25, 0.3) is 0 Å². The molecule has 1 aromatic heterocycles. The van der Waals surface area contributed by atoms with Gasteiger partial charge in [-0.05, 0) is 30.9 Å². The summed E-state index contributed by atoms with van der Waals surface area (Å²) in [6.45, 7) is 6.91. The van der Waals surface area contributed by atoms with E-state index in [1.807, 2.05) is 12.3 Å². The molecule has 2 atom stereocenters. The Balaban J connectivity index is 1.96. The van der Waals surface area contributed by atoms with Crippen molar-refractivity contribution in [2.45, 2.75) is 38.1 Å².